The van der Waals surface area contributed by atoms with Crippen LogP contribution in [0.4, 0.5) is 0 Å². The number of fused-ring (bicyclic) bond motifs is 3. The monoisotopic (exact) mass is 423 g/mol. The lowest BCUT2D eigenvalue weighted by atomic mass is 10.0. The van der Waals surface area contributed by atoms with E-state index in [1.165, 1.54) is 22.5 Å². The molecule has 1 aliphatic heterocycles. The van der Waals surface area contributed by atoms with Gasteiger partial charge in [-0.25, -0.2) is 9.13 Å². The fourth-order valence-electron chi connectivity index (χ4n) is 5.45. The third kappa shape index (κ3) is 3.13. The number of hydrogen-bond acceptors (Lipinski definition) is 2. The summed E-state index contributed by atoms with van der Waals surface area (Å²) in [7, 11) is 0. The SMILES string of the molecule is CCc1n(C2CCc3cc4c(cc32)OCC4)cc[n+]1CC(=O)c1ccc2ccccc2c1. The Morgan fingerprint density at radius 2 is 1.94 bits per heavy atom. The zero-order valence-corrected chi connectivity index (χ0v) is 18.4. The van der Waals surface area contributed by atoms with E-state index in [1.807, 2.05) is 30.3 Å². The Balaban J connectivity index is 1.30. The molecule has 1 unspecified atom stereocenters. The Morgan fingerprint density at radius 1 is 1.06 bits per heavy atom. The maximum atomic E-state index is 13.1. The molecule has 0 saturated heterocycles. The number of aryl methyl sites for hydroxylation is 1. The lowest BCUT2D eigenvalue weighted by molar-refractivity contribution is -0.690. The summed E-state index contributed by atoms with van der Waals surface area (Å²) in [6.45, 7) is 3.33. The summed E-state index contributed by atoms with van der Waals surface area (Å²) < 4.78 is 10.3. The molecule has 1 atom stereocenters. The average molecular weight is 424 g/mol. The zero-order valence-electron chi connectivity index (χ0n) is 18.4. The summed E-state index contributed by atoms with van der Waals surface area (Å²) in [5.41, 5.74) is 4.95. The molecule has 0 saturated carbocycles. The molecule has 32 heavy (non-hydrogen) atoms. The smallest absolute Gasteiger partial charge is 0.257 e. The van der Waals surface area contributed by atoms with E-state index < -0.39 is 0 Å². The summed E-state index contributed by atoms with van der Waals surface area (Å²) in [4.78, 5) is 13.1. The fraction of sp³-hybridized carbons (Fsp3) is 0.286. The number of nitrogens with zero attached hydrogens (tertiary/aromatic N) is 2. The summed E-state index contributed by atoms with van der Waals surface area (Å²) in [5, 5.41) is 2.27. The number of Topliss-reactive ketones (excluding diaryl/α,β-unsaturated/α-hetero) is 1. The second-order valence-corrected chi connectivity index (χ2v) is 8.90. The molecule has 0 N–H and O–H groups in total. The zero-order chi connectivity index (χ0) is 21.7. The van der Waals surface area contributed by atoms with Crippen LogP contribution in [-0.2, 0) is 25.8 Å². The number of ketones is 1. The van der Waals surface area contributed by atoms with Crippen molar-refractivity contribution in [3.8, 4) is 5.75 Å². The van der Waals surface area contributed by atoms with Crippen LogP contribution in [0.1, 0.15) is 52.3 Å². The minimum atomic E-state index is 0.145. The molecule has 0 bridgehead atoms. The maximum Gasteiger partial charge on any atom is 0.257 e. The Morgan fingerprint density at radius 3 is 2.81 bits per heavy atom. The molecule has 1 aliphatic carbocycles. The van der Waals surface area contributed by atoms with Gasteiger partial charge in [-0.3, -0.25) is 4.79 Å². The highest BCUT2D eigenvalue weighted by atomic mass is 16.5. The molecule has 4 heteroatoms. The molecular formula is C28H27N2O2+. The Bertz CT molecular complexity index is 1350. The second-order valence-electron chi connectivity index (χ2n) is 8.90. The largest absolute Gasteiger partial charge is 0.493 e. The molecule has 2 heterocycles. The predicted octanol–water partition coefficient (Wildman–Crippen LogP) is 4.84. The van der Waals surface area contributed by atoms with Crippen molar-refractivity contribution in [1.82, 2.24) is 4.57 Å². The van der Waals surface area contributed by atoms with Crippen molar-refractivity contribution in [3.05, 3.63) is 95.1 Å². The topological polar surface area (TPSA) is 35.1 Å². The van der Waals surface area contributed by atoms with Crippen LogP contribution < -0.4 is 9.30 Å². The van der Waals surface area contributed by atoms with Crippen LogP contribution in [0.15, 0.2) is 67.0 Å². The van der Waals surface area contributed by atoms with Gasteiger partial charge in [0.05, 0.1) is 6.61 Å². The van der Waals surface area contributed by atoms with Gasteiger partial charge in [0.2, 0.25) is 5.78 Å². The molecule has 6 rings (SSSR count). The van der Waals surface area contributed by atoms with Crippen molar-refractivity contribution in [2.75, 3.05) is 6.61 Å². The van der Waals surface area contributed by atoms with Crippen molar-refractivity contribution >= 4 is 16.6 Å². The van der Waals surface area contributed by atoms with Crippen LogP contribution >= 0.6 is 0 Å². The van der Waals surface area contributed by atoms with Crippen molar-refractivity contribution in [1.29, 1.82) is 0 Å². The van der Waals surface area contributed by atoms with Crippen LogP contribution in [0.3, 0.4) is 0 Å². The highest BCUT2D eigenvalue weighted by Gasteiger charge is 2.33. The molecule has 0 fully saturated rings. The first-order chi connectivity index (χ1) is 15.7. The van der Waals surface area contributed by atoms with E-state index >= 15 is 0 Å². The van der Waals surface area contributed by atoms with E-state index in [9.17, 15) is 4.79 Å². The van der Waals surface area contributed by atoms with Crippen molar-refractivity contribution in [2.24, 2.45) is 0 Å². The van der Waals surface area contributed by atoms with Crippen LogP contribution in [-0.4, -0.2) is 17.0 Å². The highest BCUT2D eigenvalue weighted by Crippen LogP contribution is 2.40. The van der Waals surface area contributed by atoms with E-state index in [0.717, 1.165) is 54.4 Å². The summed E-state index contributed by atoms with van der Waals surface area (Å²) in [6.07, 6.45) is 8.32. The molecule has 4 nitrogen and oxygen atoms in total. The predicted molar refractivity (Wildman–Crippen MR) is 124 cm³/mol. The Labute approximate surface area is 188 Å². The molecule has 0 spiro atoms. The molecule has 1 aromatic heterocycles. The molecule has 4 aromatic rings. The Kier molecular flexibility index (Phi) is 4.60. The maximum absolute atomic E-state index is 13.1. The van der Waals surface area contributed by atoms with Gasteiger partial charge in [0.15, 0.2) is 6.54 Å². The number of ether oxygens (including phenoxy) is 1. The fourth-order valence-corrected chi connectivity index (χ4v) is 5.45. The van der Waals surface area contributed by atoms with Crippen LogP contribution in [0.25, 0.3) is 10.8 Å². The summed E-state index contributed by atoms with van der Waals surface area (Å²) in [6, 6.07) is 19.1. The van der Waals surface area contributed by atoms with E-state index in [-0.39, 0.29) is 5.78 Å². The first kappa shape index (κ1) is 19.3. The van der Waals surface area contributed by atoms with Gasteiger partial charge in [-0.05, 0) is 46.9 Å². The van der Waals surface area contributed by atoms with Gasteiger partial charge in [0, 0.05) is 24.0 Å². The standard InChI is InChI=1S/C28H27N2O2/c1-2-28-29(18-26(31)22-8-7-19-5-3-4-6-20(19)15-22)12-13-30(28)25-10-9-21-16-23-11-14-32-27(23)17-24(21)25/h3-8,12-13,15-17,25H,2,9-11,14,18H2,1H3/q+1. The number of imidazole rings is 1. The highest BCUT2D eigenvalue weighted by molar-refractivity contribution is 5.99. The summed E-state index contributed by atoms with van der Waals surface area (Å²) in [5.74, 6) is 2.39. The Hall–Kier alpha value is -3.40. The molecule has 2 aliphatic rings. The van der Waals surface area contributed by atoms with Gasteiger partial charge < -0.3 is 4.74 Å². The van der Waals surface area contributed by atoms with Gasteiger partial charge in [-0.15, -0.1) is 0 Å². The van der Waals surface area contributed by atoms with E-state index in [2.05, 4.69) is 52.7 Å². The third-order valence-electron chi connectivity index (χ3n) is 7.07. The van der Waals surface area contributed by atoms with E-state index in [4.69, 9.17) is 4.74 Å². The number of aromatic nitrogens is 2. The van der Waals surface area contributed by atoms with Crippen LogP contribution in [0, 0.1) is 0 Å². The number of rotatable bonds is 5. The van der Waals surface area contributed by atoms with Crippen molar-refractivity contribution in [2.45, 2.75) is 45.2 Å². The summed E-state index contributed by atoms with van der Waals surface area (Å²) >= 11 is 0. The number of hydrogen-bond donors (Lipinski definition) is 0. The molecular weight excluding hydrogens is 396 g/mol. The molecule has 3 aromatic carbocycles. The van der Waals surface area contributed by atoms with Gasteiger partial charge in [-0.1, -0.05) is 49.4 Å². The normalized spacial score (nSPS) is 16.7. The van der Waals surface area contributed by atoms with Gasteiger partial charge in [0.1, 0.15) is 24.2 Å². The first-order valence-corrected chi connectivity index (χ1v) is 11.6. The lowest BCUT2D eigenvalue weighted by Gasteiger charge is -2.12. The third-order valence-corrected chi connectivity index (χ3v) is 7.07. The lowest BCUT2D eigenvalue weighted by Crippen LogP contribution is -2.41. The van der Waals surface area contributed by atoms with E-state index in [0.29, 0.717) is 12.6 Å². The van der Waals surface area contributed by atoms with E-state index in [1.54, 1.807) is 0 Å². The molecule has 0 amide bonds. The van der Waals surface area contributed by atoms with Crippen LogP contribution in [0.5, 0.6) is 5.75 Å². The molecule has 160 valence electrons. The van der Waals surface area contributed by atoms with Crippen LogP contribution in [0.2, 0.25) is 0 Å². The number of carbonyl (C=O) groups excluding carboxylic acids is 1. The number of benzene rings is 3. The quantitative estimate of drug-likeness (QED) is 0.340. The first-order valence-electron chi connectivity index (χ1n) is 11.6. The van der Waals surface area contributed by atoms with Gasteiger partial charge in [-0.2, -0.15) is 0 Å². The van der Waals surface area contributed by atoms with Gasteiger partial charge in [0.25, 0.3) is 5.82 Å². The van der Waals surface area contributed by atoms with Crippen molar-refractivity contribution < 1.29 is 14.1 Å². The van der Waals surface area contributed by atoms with Gasteiger partial charge >= 0.3 is 0 Å². The van der Waals surface area contributed by atoms with Crippen molar-refractivity contribution in [3.63, 3.8) is 0 Å². The number of carbonyl (C=O) groups is 1. The minimum Gasteiger partial charge on any atom is -0.493 e. The minimum absolute atomic E-state index is 0.145. The second kappa shape index (κ2) is 7.63. The average Bonchev–Trinajstić information content (AvgIpc) is 3.54. The molecule has 0 radical (unpaired) electrons.